The third-order valence-electron chi connectivity index (χ3n) is 5.11. The molecule has 0 aliphatic heterocycles. The standard InChI is InChI=1S/C25H34FNO3S/c1-9-30-22(28)14-21(27-31(29)25(6,7)8)20-13-19(12-18(5)24(20)26)23-16(3)10-15(2)11-17(23)4/h10-13,21,27H,9,14H2,1-8H3/t21-,31+/m0/s1. The van der Waals surface area contributed by atoms with Crippen LogP contribution in [0.5, 0.6) is 0 Å². The lowest BCUT2D eigenvalue weighted by molar-refractivity contribution is -0.143. The van der Waals surface area contributed by atoms with Crippen molar-refractivity contribution in [2.45, 2.75) is 72.6 Å². The first-order valence-electron chi connectivity index (χ1n) is 10.6. The first-order valence-corrected chi connectivity index (χ1v) is 11.7. The van der Waals surface area contributed by atoms with Crippen LogP contribution in [0.4, 0.5) is 4.39 Å². The maximum Gasteiger partial charge on any atom is 0.307 e. The Morgan fingerprint density at radius 3 is 2.16 bits per heavy atom. The van der Waals surface area contributed by atoms with Crippen molar-refractivity contribution in [1.29, 1.82) is 0 Å². The second-order valence-corrected chi connectivity index (χ2v) is 11.0. The molecular formula is C25H34FNO3S. The van der Waals surface area contributed by atoms with Gasteiger partial charge in [0, 0.05) is 5.56 Å². The number of aryl methyl sites for hydroxylation is 4. The molecule has 2 aromatic carbocycles. The Hall–Kier alpha value is -2.05. The Morgan fingerprint density at radius 2 is 1.65 bits per heavy atom. The molecule has 0 amide bonds. The van der Waals surface area contributed by atoms with Crippen molar-refractivity contribution < 1.29 is 18.1 Å². The largest absolute Gasteiger partial charge is 0.466 e. The van der Waals surface area contributed by atoms with Crippen LogP contribution in [-0.4, -0.2) is 21.5 Å². The van der Waals surface area contributed by atoms with Crippen molar-refractivity contribution in [2.75, 3.05) is 6.61 Å². The highest BCUT2D eigenvalue weighted by Crippen LogP contribution is 2.34. The van der Waals surface area contributed by atoms with Gasteiger partial charge in [0.15, 0.2) is 0 Å². The van der Waals surface area contributed by atoms with E-state index in [1.807, 2.05) is 47.6 Å². The predicted molar refractivity (Wildman–Crippen MR) is 126 cm³/mol. The molecule has 2 atom stereocenters. The van der Waals surface area contributed by atoms with Crippen LogP contribution >= 0.6 is 0 Å². The summed E-state index contributed by atoms with van der Waals surface area (Å²) >= 11 is 0. The summed E-state index contributed by atoms with van der Waals surface area (Å²) in [4.78, 5) is 12.3. The van der Waals surface area contributed by atoms with Crippen molar-refractivity contribution in [2.24, 2.45) is 0 Å². The summed E-state index contributed by atoms with van der Waals surface area (Å²) in [5, 5.41) is 0. The van der Waals surface area contributed by atoms with E-state index in [4.69, 9.17) is 4.74 Å². The van der Waals surface area contributed by atoms with Crippen molar-refractivity contribution in [1.82, 2.24) is 4.72 Å². The smallest absolute Gasteiger partial charge is 0.307 e. The van der Waals surface area contributed by atoms with Gasteiger partial charge in [0.05, 0.1) is 34.8 Å². The van der Waals surface area contributed by atoms with Gasteiger partial charge in [-0.2, -0.15) is 0 Å². The molecule has 0 radical (unpaired) electrons. The minimum Gasteiger partial charge on any atom is -0.466 e. The van der Waals surface area contributed by atoms with Gasteiger partial charge in [0.1, 0.15) is 5.82 Å². The Labute approximate surface area is 188 Å². The SMILES string of the molecule is CCOC(=O)C[C@H](N[S@](=O)C(C)(C)C)c1cc(-c2c(C)cc(C)cc2C)cc(C)c1F. The van der Waals surface area contributed by atoms with Crippen LogP contribution in [0, 0.1) is 33.5 Å². The minimum absolute atomic E-state index is 0.110. The van der Waals surface area contributed by atoms with Crippen molar-refractivity contribution in [3.05, 3.63) is 57.9 Å². The van der Waals surface area contributed by atoms with Crippen molar-refractivity contribution in [3.8, 4) is 11.1 Å². The fourth-order valence-corrected chi connectivity index (χ4v) is 4.56. The molecule has 2 aromatic rings. The van der Waals surface area contributed by atoms with E-state index in [1.165, 1.54) is 5.56 Å². The molecule has 0 spiro atoms. The number of benzene rings is 2. The van der Waals surface area contributed by atoms with E-state index < -0.39 is 33.6 Å². The van der Waals surface area contributed by atoms with Gasteiger partial charge >= 0.3 is 5.97 Å². The van der Waals surface area contributed by atoms with Crippen molar-refractivity contribution in [3.63, 3.8) is 0 Å². The summed E-state index contributed by atoms with van der Waals surface area (Å²) < 4.78 is 35.6. The summed E-state index contributed by atoms with van der Waals surface area (Å²) in [6, 6.07) is 7.02. The Kier molecular flexibility index (Phi) is 8.17. The number of hydrogen-bond acceptors (Lipinski definition) is 3. The highest BCUT2D eigenvalue weighted by atomic mass is 32.2. The summed E-state index contributed by atoms with van der Waals surface area (Å²) in [7, 11) is -1.49. The Bertz CT molecular complexity index is 972. The van der Waals surface area contributed by atoms with Gasteiger partial charge in [-0.25, -0.2) is 13.3 Å². The van der Waals surface area contributed by atoms with Crippen LogP contribution in [-0.2, 0) is 20.5 Å². The number of carbonyl (C=O) groups excluding carboxylic acids is 1. The fourth-order valence-electron chi connectivity index (χ4n) is 3.74. The van der Waals surface area contributed by atoms with Crippen LogP contribution in [0.2, 0.25) is 0 Å². The van der Waals surface area contributed by atoms with Gasteiger partial charge in [0.25, 0.3) is 0 Å². The number of halogens is 1. The molecule has 4 nitrogen and oxygen atoms in total. The van der Waals surface area contributed by atoms with Gasteiger partial charge in [-0.1, -0.05) is 17.7 Å². The quantitative estimate of drug-likeness (QED) is 0.548. The molecule has 0 aromatic heterocycles. The summed E-state index contributed by atoms with van der Waals surface area (Å²) in [6.45, 7) is 15.3. The number of esters is 1. The predicted octanol–water partition coefficient (Wildman–Crippen LogP) is 5.77. The molecule has 0 heterocycles. The summed E-state index contributed by atoms with van der Waals surface area (Å²) in [6.07, 6.45) is -0.110. The summed E-state index contributed by atoms with van der Waals surface area (Å²) in [5.41, 5.74) is 6.08. The van der Waals surface area contributed by atoms with E-state index in [-0.39, 0.29) is 13.0 Å². The number of hydrogen-bond donors (Lipinski definition) is 1. The second-order valence-electron chi connectivity index (χ2n) is 9.03. The zero-order chi connectivity index (χ0) is 23.5. The molecule has 31 heavy (non-hydrogen) atoms. The molecule has 1 N–H and O–H groups in total. The van der Waals surface area contributed by atoms with E-state index in [0.29, 0.717) is 11.1 Å². The molecule has 0 aliphatic carbocycles. The molecule has 0 aliphatic rings. The molecule has 0 saturated heterocycles. The molecule has 0 bridgehead atoms. The van der Waals surface area contributed by atoms with Gasteiger partial charge in [-0.3, -0.25) is 4.79 Å². The van der Waals surface area contributed by atoms with Crippen LogP contribution < -0.4 is 4.72 Å². The number of rotatable bonds is 7. The van der Waals surface area contributed by atoms with E-state index in [9.17, 15) is 9.00 Å². The van der Waals surface area contributed by atoms with E-state index >= 15 is 4.39 Å². The van der Waals surface area contributed by atoms with E-state index in [2.05, 4.69) is 16.9 Å². The first-order chi connectivity index (χ1) is 14.3. The number of carbonyl (C=O) groups is 1. The van der Waals surface area contributed by atoms with E-state index in [0.717, 1.165) is 22.3 Å². The van der Waals surface area contributed by atoms with Gasteiger partial charge in [-0.15, -0.1) is 0 Å². The number of ether oxygens (including phenoxy) is 1. The molecule has 6 heteroatoms. The lowest BCUT2D eigenvalue weighted by atomic mass is 9.90. The van der Waals surface area contributed by atoms with Gasteiger partial charge in [0.2, 0.25) is 0 Å². The Balaban J connectivity index is 2.62. The minimum atomic E-state index is -1.49. The average molecular weight is 448 g/mol. The van der Waals surface area contributed by atoms with Crippen LogP contribution in [0.3, 0.4) is 0 Å². The molecular weight excluding hydrogens is 413 g/mol. The van der Waals surface area contributed by atoms with E-state index in [1.54, 1.807) is 19.9 Å². The third-order valence-corrected chi connectivity index (χ3v) is 6.72. The molecule has 2 rings (SSSR count). The highest BCUT2D eigenvalue weighted by molar-refractivity contribution is 7.84. The highest BCUT2D eigenvalue weighted by Gasteiger charge is 2.28. The maximum absolute atomic E-state index is 15.3. The zero-order valence-electron chi connectivity index (χ0n) is 19.8. The zero-order valence-corrected chi connectivity index (χ0v) is 20.6. The average Bonchev–Trinajstić information content (AvgIpc) is 2.62. The fraction of sp³-hybridized carbons (Fsp3) is 0.480. The monoisotopic (exact) mass is 447 g/mol. The van der Waals surface area contributed by atoms with Crippen LogP contribution in [0.15, 0.2) is 24.3 Å². The van der Waals surface area contributed by atoms with Gasteiger partial charge in [-0.05, 0) is 95.3 Å². The molecule has 170 valence electrons. The summed E-state index contributed by atoms with van der Waals surface area (Å²) in [5.74, 6) is -0.866. The lowest BCUT2D eigenvalue weighted by Crippen LogP contribution is -2.37. The second kappa shape index (κ2) is 10.0. The van der Waals surface area contributed by atoms with Crippen LogP contribution in [0.25, 0.3) is 11.1 Å². The topological polar surface area (TPSA) is 55.4 Å². The molecule has 0 unspecified atom stereocenters. The van der Waals surface area contributed by atoms with Crippen LogP contribution in [0.1, 0.15) is 68.0 Å². The van der Waals surface area contributed by atoms with Crippen molar-refractivity contribution >= 4 is 17.0 Å². The third kappa shape index (κ3) is 6.23. The normalized spacial score (nSPS) is 13.7. The first kappa shape index (κ1) is 25.2. The Morgan fingerprint density at radius 1 is 1.06 bits per heavy atom. The van der Waals surface area contributed by atoms with Gasteiger partial charge < -0.3 is 4.74 Å². The lowest BCUT2D eigenvalue weighted by Gasteiger charge is -2.25. The molecule has 0 fully saturated rings. The maximum atomic E-state index is 15.3. The number of nitrogens with one attached hydrogen (secondary N) is 1. The molecule has 0 saturated carbocycles.